The second-order valence-corrected chi connectivity index (χ2v) is 10.0. The maximum atomic E-state index is 13.3. The van der Waals surface area contributed by atoms with Crippen LogP contribution in [0, 0.1) is 0 Å². The summed E-state index contributed by atoms with van der Waals surface area (Å²) in [7, 11) is 0. The van der Waals surface area contributed by atoms with Crippen molar-refractivity contribution in [3.63, 3.8) is 0 Å². The Bertz CT molecular complexity index is 970. The van der Waals surface area contributed by atoms with Gasteiger partial charge in [-0.1, -0.05) is 26.0 Å². The van der Waals surface area contributed by atoms with Gasteiger partial charge >= 0.3 is 0 Å². The van der Waals surface area contributed by atoms with Crippen molar-refractivity contribution >= 4 is 11.9 Å². The van der Waals surface area contributed by atoms with Crippen LogP contribution < -0.4 is 14.2 Å². The van der Waals surface area contributed by atoms with Gasteiger partial charge in [-0.3, -0.25) is 4.79 Å². The minimum atomic E-state index is -0.390. The predicted octanol–water partition coefficient (Wildman–Crippen LogP) is 7.67. The van der Waals surface area contributed by atoms with Crippen LogP contribution in [-0.4, -0.2) is 23.6 Å². The second-order valence-electron chi connectivity index (χ2n) is 10.0. The largest absolute Gasteiger partial charge is 0.490 e. The van der Waals surface area contributed by atoms with Crippen molar-refractivity contribution in [2.45, 2.75) is 72.5 Å². The summed E-state index contributed by atoms with van der Waals surface area (Å²) in [6.07, 6.45) is 5.16. The van der Waals surface area contributed by atoms with Gasteiger partial charge in [-0.05, 0) is 90.4 Å². The summed E-state index contributed by atoms with van der Waals surface area (Å²) in [5.41, 5.74) is 1.52. The number of ether oxygens (including phenoxy) is 3. The van der Waals surface area contributed by atoms with Gasteiger partial charge in [0.25, 0.3) is 0 Å². The first-order valence-electron chi connectivity index (χ1n) is 11.5. The van der Waals surface area contributed by atoms with Gasteiger partial charge in [-0.2, -0.15) is 0 Å². The van der Waals surface area contributed by atoms with E-state index in [2.05, 4.69) is 13.5 Å². The summed E-state index contributed by atoms with van der Waals surface area (Å²) in [5.74, 6) is 2.14. The molecule has 0 aliphatic carbocycles. The Morgan fingerprint density at radius 2 is 1.52 bits per heavy atom. The summed E-state index contributed by atoms with van der Waals surface area (Å²) >= 11 is 0. The van der Waals surface area contributed by atoms with Crippen molar-refractivity contribution < 1.29 is 19.0 Å². The number of benzene rings is 2. The van der Waals surface area contributed by atoms with Crippen LogP contribution in [0.15, 0.2) is 60.7 Å². The number of hydrogen-bond donors (Lipinski definition) is 0. The Kier molecular flexibility index (Phi) is 8.92. The smallest absolute Gasteiger partial charge is 0.189 e. The van der Waals surface area contributed by atoms with Crippen molar-refractivity contribution in [2.75, 3.05) is 6.61 Å². The zero-order chi connectivity index (χ0) is 24.6. The quantitative estimate of drug-likeness (QED) is 0.212. The molecule has 0 atom stereocenters. The first-order chi connectivity index (χ1) is 15.4. The Balaban J connectivity index is 2.43. The molecule has 0 aliphatic rings. The Morgan fingerprint density at radius 3 is 2.06 bits per heavy atom. The molecule has 2 aromatic carbocycles. The first kappa shape index (κ1) is 26.2. The average molecular weight is 451 g/mol. The summed E-state index contributed by atoms with van der Waals surface area (Å²) in [6, 6.07) is 13.0. The number of carbonyl (C=O) groups is 1. The fourth-order valence-electron chi connectivity index (χ4n) is 3.22. The van der Waals surface area contributed by atoms with Crippen molar-refractivity contribution in [1.82, 2.24) is 0 Å². The number of carbonyl (C=O) groups excluding carboxylic acids is 1. The molecule has 2 aromatic rings. The highest BCUT2D eigenvalue weighted by molar-refractivity contribution is 6.11. The van der Waals surface area contributed by atoms with E-state index in [1.54, 1.807) is 18.2 Å². The lowest BCUT2D eigenvalue weighted by Crippen LogP contribution is -2.24. The third-order valence-electron chi connectivity index (χ3n) is 4.45. The maximum absolute atomic E-state index is 13.3. The first-order valence-corrected chi connectivity index (χ1v) is 11.5. The highest BCUT2D eigenvalue weighted by Gasteiger charge is 2.19. The van der Waals surface area contributed by atoms with E-state index in [4.69, 9.17) is 14.2 Å². The van der Waals surface area contributed by atoms with E-state index in [9.17, 15) is 4.79 Å². The molecule has 0 aromatic heterocycles. The van der Waals surface area contributed by atoms with Crippen molar-refractivity contribution in [3.8, 4) is 17.2 Å². The SMILES string of the molecule is C=CCOc1ccc(C(=O)C(=Cc2ccc(OC(C)(C)C)cc2OC(C)(C)C)CCC)cc1. The van der Waals surface area contributed by atoms with E-state index in [0.717, 1.165) is 23.3 Å². The third kappa shape index (κ3) is 8.80. The number of ketones is 1. The van der Waals surface area contributed by atoms with E-state index in [1.165, 1.54) is 0 Å². The highest BCUT2D eigenvalue weighted by atomic mass is 16.5. The van der Waals surface area contributed by atoms with Gasteiger partial charge in [-0.15, -0.1) is 0 Å². The lowest BCUT2D eigenvalue weighted by molar-refractivity contribution is 0.103. The summed E-state index contributed by atoms with van der Waals surface area (Å²) in [6.45, 7) is 18.2. The third-order valence-corrected chi connectivity index (χ3v) is 4.45. The van der Waals surface area contributed by atoms with Crippen LogP contribution in [0.5, 0.6) is 17.2 Å². The monoisotopic (exact) mass is 450 g/mol. The molecule has 4 heteroatoms. The van der Waals surface area contributed by atoms with Gasteiger partial charge in [-0.25, -0.2) is 0 Å². The molecule has 0 radical (unpaired) electrons. The molecule has 33 heavy (non-hydrogen) atoms. The number of rotatable bonds is 10. The van der Waals surface area contributed by atoms with E-state index >= 15 is 0 Å². The molecule has 0 unspecified atom stereocenters. The van der Waals surface area contributed by atoms with Crippen LogP contribution in [-0.2, 0) is 0 Å². The van der Waals surface area contributed by atoms with E-state index in [0.29, 0.717) is 30.1 Å². The fraction of sp³-hybridized carbons (Fsp3) is 0.414. The molecule has 2 rings (SSSR count). The summed E-state index contributed by atoms with van der Waals surface area (Å²) < 4.78 is 17.8. The molecule has 0 amide bonds. The normalized spacial score (nSPS) is 12.3. The van der Waals surface area contributed by atoms with Crippen LogP contribution in [0.25, 0.3) is 6.08 Å². The number of hydrogen-bond acceptors (Lipinski definition) is 4. The lowest BCUT2D eigenvalue weighted by Gasteiger charge is -2.25. The summed E-state index contributed by atoms with van der Waals surface area (Å²) in [5, 5.41) is 0. The summed E-state index contributed by atoms with van der Waals surface area (Å²) in [4.78, 5) is 13.3. The molecular weight excluding hydrogens is 412 g/mol. The predicted molar refractivity (Wildman–Crippen MR) is 137 cm³/mol. The van der Waals surface area contributed by atoms with Gasteiger partial charge in [0.05, 0.1) is 0 Å². The van der Waals surface area contributed by atoms with Gasteiger partial charge in [0, 0.05) is 22.8 Å². The topological polar surface area (TPSA) is 44.8 Å². The van der Waals surface area contributed by atoms with Crippen LogP contribution in [0.2, 0.25) is 0 Å². The minimum absolute atomic E-state index is 0.00356. The molecule has 0 aliphatic heterocycles. The molecule has 0 fully saturated rings. The Labute approximate surface area is 199 Å². The van der Waals surface area contributed by atoms with Gasteiger partial charge < -0.3 is 14.2 Å². The Morgan fingerprint density at radius 1 is 0.909 bits per heavy atom. The van der Waals surface area contributed by atoms with Crippen molar-refractivity contribution in [2.24, 2.45) is 0 Å². The van der Waals surface area contributed by atoms with Gasteiger partial charge in [0.15, 0.2) is 5.78 Å². The highest BCUT2D eigenvalue weighted by Crippen LogP contribution is 2.32. The molecule has 0 saturated carbocycles. The van der Waals surface area contributed by atoms with Crippen molar-refractivity contribution in [3.05, 3.63) is 71.8 Å². The Hall–Kier alpha value is -3.01. The number of allylic oxidation sites excluding steroid dienone is 1. The molecule has 0 spiro atoms. The molecule has 0 saturated heterocycles. The van der Waals surface area contributed by atoms with Crippen LogP contribution in [0.4, 0.5) is 0 Å². The van der Waals surface area contributed by atoms with Crippen molar-refractivity contribution in [1.29, 1.82) is 0 Å². The molecule has 0 N–H and O–H groups in total. The molecule has 4 nitrogen and oxygen atoms in total. The lowest BCUT2D eigenvalue weighted by atomic mass is 9.97. The van der Waals surface area contributed by atoms with E-state index in [1.807, 2.05) is 78.0 Å². The van der Waals surface area contributed by atoms with Crippen LogP contribution in [0.1, 0.15) is 77.2 Å². The van der Waals surface area contributed by atoms with Gasteiger partial charge in [0.1, 0.15) is 35.1 Å². The zero-order valence-corrected chi connectivity index (χ0v) is 21.2. The molecule has 0 heterocycles. The zero-order valence-electron chi connectivity index (χ0n) is 21.2. The van der Waals surface area contributed by atoms with Crippen LogP contribution in [0.3, 0.4) is 0 Å². The standard InChI is InChI=1S/C29H38O4/c1-9-11-23(27(30)21-12-15-24(16-13-21)31-18-10-2)19-22-14-17-25(32-28(3,4)5)20-26(22)33-29(6,7)8/h10,12-17,19-20H,2,9,11,18H2,1,3-8H3. The second kappa shape index (κ2) is 11.2. The minimum Gasteiger partial charge on any atom is -0.490 e. The average Bonchev–Trinajstić information content (AvgIpc) is 2.71. The maximum Gasteiger partial charge on any atom is 0.189 e. The molecule has 0 bridgehead atoms. The van der Waals surface area contributed by atoms with Gasteiger partial charge in [0.2, 0.25) is 0 Å². The number of Topliss-reactive ketones (excluding diaryl/α,β-unsaturated/α-hetero) is 1. The van der Waals surface area contributed by atoms with E-state index < -0.39 is 0 Å². The van der Waals surface area contributed by atoms with E-state index in [-0.39, 0.29) is 17.0 Å². The molecular formula is C29H38O4. The van der Waals surface area contributed by atoms with Crippen LogP contribution >= 0.6 is 0 Å². The molecule has 178 valence electrons. The fourth-order valence-corrected chi connectivity index (χ4v) is 3.22.